The summed E-state index contributed by atoms with van der Waals surface area (Å²) >= 11 is 6.19. The van der Waals surface area contributed by atoms with Crippen LogP contribution in [0.5, 0.6) is 5.75 Å². The molecule has 2 unspecified atom stereocenters. The third kappa shape index (κ3) is 8.94. The highest BCUT2D eigenvalue weighted by Gasteiger charge is 2.24. The molecule has 0 saturated carbocycles. The zero-order valence-electron chi connectivity index (χ0n) is 18.7. The number of benzene rings is 1. The third-order valence-electron chi connectivity index (χ3n) is 5.53. The first kappa shape index (κ1) is 26.5. The number of aliphatic imine (C=N–C) groups is 1. The number of likely N-dealkylation sites (tertiary alicyclic amines) is 1. The van der Waals surface area contributed by atoms with E-state index in [-0.39, 0.29) is 36.2 Å². The third-order valence-corrected chi connectivity index (χ3v) is 5.84. The Kier molecular flexibility index (Phi) is 12.3. The van der Waals surface area contributed by atoms with Gasteiger partial charge in [-0.15, -0.1) is 24.0 Å². The highest BCUT2D eigenvalue weighted by atomic mass is 127. The summed E-state index contributed by atoms with van der Waals surface area (Å²) in [4.78, 5) is 7.13. The molecule has 0 amide bonds. The minimum Gasteiger partial charge on any atom is -0.487 e. The average molecular weight is 566 g/mol. The van der Waals surface area contributed by atoms with Crippen LogP contribution in [0.3, 0.4) is 0 Å². The van der Waals surface area contributed by atoms with E-state index in [0.29, 0.717) is 23.4 Å². The maximum Gasteiger partial charge on any atom is 0.194 e. The molecular formula is C23H37ClIN3O3. The molecular weight excluding hydrogens is 529 g/mol. The maximum absolute atomic E-state index is 6.19. The van der Waals surface area contributed by atoms with Crippen molar-refractivity contribution in [2.24, 2.45) is 4.99 Å². The number of hydrogen-bond donors (Lipinski definition) is 1. The first-order chi connectivity index (χ1) is 14.7. The van der Waals surface area contributed by atoms with Crippen molar-refractivity contribution in [2.45, 2.75) is 64.3 Å². The predicted molar refractivity (Wildman–Crippen MR) is 137 cm³/mol. The van der Waals surface area contributed by atoms with Gasteiger partial charge in [0.25, 0.3) is 0 Å². The van der Waals surface area contributed by atoms with E-state index in [4.69, 9.17) is 30.8 Å². The molecule has 0 spiro atoms. The number of piperidine rings is 1. The molecule has 3 rings (SSSR count). The molecule has 1 aromatic rings. The monoisotopic (exact) mass is 565 g/mol. The molecule has 0 bridgehead atoms. The molecule has 176 valence electrons. The average Bonchev–Trinajstić information content (AvgIpc) is 2.78. The van der Waals surface area contributed by atoms with E-state index in [1.165, 1.54) is 12.8 Å². The lowest BCUT2D eigenvalue weighted by Crippen LogP contribution is -2.47. The van der Waals surface area contributed by atoms with Gasteiger partial charge in [-0.25, -0.2) is 4.99 Å². The molecule has 2 heterocycles. The normalized spacial score (nSPS) is 21.3. The number of para-hydroxylation sites is 1. The molecule has 6 nitrogen and oxygen atoms in total. The fourth-order valence-corrected chi connectivity index (χ4v) is 4.03. The fraction of sp³-hybridized carbons (Fsp3) is 0.696. The number of rotatable bonds is 8. The van der Waals surface area contributed by atoms with Crippen molar-refractivity contribution in [1.82, 2.24) is 10.2 Å². The van der Waals surface area contributed by atoms with Crippen molar-refractivity contribution >= 4 is 41.5 Å². The lowest BCUT2D eigenvalue weighted by Gasteiger charge is -2.35. The number of guanidine groups is 1. The maximum atomic E-state index is 6.19. The van der Waals surface area contributed by atoms with Gasteiger partial charge in [0.1, 0.15) is 11.9 Å². The molecule has 0 aromatic heterocycles. The van der Waals surface area contributed by atoms with E-state index < -0.39 is 0 Å². The van der Waals surface area contributed by atoms with Crippen LogP contribution in [0.4, 0.5) is 0 Å². The van der Waals surface area contributed by atoms with Gasteiger partial charge in [-0.1, -0.05) is 23.7 Å². The Labute approximate surface area is 209 Å². The Morgan fingerprint density at radius 1 is 1.26 bits per heavy atom. The van der Waals surface area contributed by atoms with Crippen LogP contribution in [-0.2, 0) is 9.47 Å². The second-order valence-electron chi connectivity index (χ2n) is 8.06. The van der Waals surface area contributed by atoms with Gasteiger partial charge in [-0.05, 0) is 58.1 Å². The summed E-state index contributed by atoms with van der Waals surface area (Å²) in [6.45, 7) is 9.03. The summed E-state index contributed by atoms with van der Waals surface area (Å²) in [5, 5.41) is 4.04. The Balaban J connectivity index is 0.00000341. The summed E-state index contributed by atoms with van der Waals surface area (Å²) in [6.07, 6.45) is 6.15. The molecule has 0 aliphatic carbocycles. The van der Waals surface area contributed by atoms with E-state index in [0.717, 1.165) is 58.1 Å². The van der Waals surface area contributed by atoms with E-state index in [1.54, 1.807) is 0 Å². The lowest BCUT2D eigenvalue weighted by molar-refractivity contribution is -0.0721. The van der Waals surface area contributed by atoms with Crippen LogP contribution >= 0.6 is 35.6 Å². The van der Waals surface area contributed by atoms with Crippen LogP contribution in [0.2, 0.25) is 5.02 Å². The second kappa shape index (κ2) is 14.4. The van der Waals surface area contributed by atoms with Crippen LogP contribution < -0.4 is 10.1 Å². The predicted octanol–water partition coefficient (Wildman–Crippen LogP) is 4.74. The van der Waals surface area contributed by atoms with Crippen molar-refractivity contribution in [2.75, 3.05) is 39.4 Å². The molecule has 2 saturated heterocycles. The number of ether oxygens (including phenoxy) is 3. The SMILES string of the molecule is CCNC(=NCC(C)Oc1ccccc1Cl)N1CCC(OCC2CCCCO2)CC1.I. The van der Waals surface area contributed by atoms with Crippen LogP contribution in [0.15, 0.2) is 29.3 Å². The first-order valence-electron chi connectivity index (χ1n) is 11.3. The topological polar surface area (TPSA) is 55.3 Å². The van der Waals surface area contributed by atoms with Gasteiger partial charge in [0, 0.05) is 26.2 Å². The molecule has 1 N–H and O–H groups in total. The number of hydrogen-bond acceptors (Lipinski definition) is 4. The van der Waals surface area contributed by atoms with E-state index in [9.17, 15) is 0 Å². The minimum absolute atomic E-state index is 0. The largest absolute Gasteiger partial charge is 0.487 e. The van der Waals surface area contributed by atoms with Crippen LogP contribution in [-0.4, -0.2) is 68.6 Å². The van der Waals surface area contributed by atoms with Gasteiger partial charge in [0.15, 0.2) is 5.96 Å². The number of nitrogens with one attached hydrogen (secondary N) is 1. The van der Waals surface area contributed by atoms with Crippen molar-refractivity contribution < 1.29 is 14.2 Å². The van der Waals surface area contributed by atoms with Gasteiger partial charge < -0.3 is 24.4 Å². The fourth-order valence-electron chi connectivity index (χ4n) is 3.85. The Hall–Kier alpha value is -0.770. The zero-order chi connectivity index (χ0) is 21.2. The molecule has 1 aromatic carbocycles. The summed E-state index contributed by atoms with van der Waals surface area (Å²) in [6, 6.07) is 7.55. The standard InChI is InChI=1S/C23H36ClN3O3.HI/c1-3-25-23(26-16-18(2)30-22-10-5-4-9-21(22)24)27-13-11-19(12-14-27)29-17-20-8-6-7-15-28-20;/h4-5,9-10,18-20H,3,6-8,11-17H2,1-2H3,(H,25,26);1H. The van der Waals surface area contributed by atoms with Crippen molar-refractivity contribution in [3.63, 3.8) is 0 Å². The van der Waals surface area contributed by atoms with Crippen molar-refractivity contribution in [3.8, 4) is 5.75 Å². The van der Waals surface area contributed by atoms with Gasteiger partial charge in [0.05, 0.1) is 30.4 Å². The van der Waals surface area contributed by atoms with E-state index in [1.807, 2.05) is 31.2 Å². The Morgan fingerprint density at radius 2 is 2.03 bits per heavy atom. The van der Waals surface area contributed by atoms with E-state index >= 15 is 0 Å². The van der Waals surface area contributed by atoms with Gasteiger partial charge in [-0.2, -0.15) is 0 Å². The smallest absolute Gasteiger partial charge is 0.194 e. The van der Waals surface area contributed by atoms with E-state index in [2.05, 4.69) is 17.1 Å². The molecule has 2 atom stereocenters. The zero-order valence-corrected chi connectivity index (χ0v) is 21.8. The van der Waals surface area contributed by atoms with Gasteiger partial charge in [-0.3, -0.25) is 0 Å². The number of halogens is 2. The minimum atomic E-state index is -0.0603. The quantitative estimate of drug-likeness (QED) is 0.280. The van der Waals surface area contributed by atoms with Gasteiger partial charge >= 0.3 is 0 Å². The first-order valence-corrected chi connectivity index (χ1v) is 11.7. The molecule has 0 radical (unpaired) electrons. The highest BCUT2D eigenvalue weighted by molar-refractivity contribution is 14.0. The molecule has 2 aliphatic heterocycles. The van der Waals surface area contributed by atoms with Crippen molar-refractivity contribution in [1.29, 1.82) is 0 Å². The van der Waals surface area contributed by atoms with Crippen LogP contribution in [0, 0.1) is 0 Å². The Bertz CT molecular complexity index is 665. The number of nitrogens with zero attached hydrogens (tertiary/aromatic N) is 2. The molecule has 2 fully saturated rings. The summed E-state index contributed by atoms with van der Waals surface area (Å²) in [5.74, 6) is 1.65. The second-order valence-corrected chi connectivity index (χ2v) is 8.47. The summed E-state index contributed by atoms with van der Waals surface area (Å²) in [5.41, 5.74) is 0. The molecule has 2 aliphatic rings. The van der Waals surface area contributed by atoms with Crippen LogP contribution in [0.1, 0.15) is 46.0 Å². The Morgan fingerprint density at radius 3 is 2.71 bits per heavy atom. The lowest BCUT2D eigenvalue weighted by atomic mass is 10.1. The summed E-state index contributed by atoms with van der Waals surface area (Å²) in [7, 11) is 0. The molecule has 8 heteroatoms. The van der Waals surface area contributed by atoms with Crippen molar-refractivity contribution in [3.05, 3.63) is 29.3 Å². The molecule has 31 heavy (non-hydrogen) atoms. The highest BCUT2D eigenvalue weighted by Crippen LogP contribution is 2.24. The van der Waals surface area contributed by atoms with Crippen LogP contribution in [0.25, 0.3) is 0 Å². The van der Waals surface area contributed by atoms with Gasteiger partial charge in [0.2, 0.25) is 0 Å². The summed E-state index contributed by atoms with van der Waals surface area (Å²) < 4.78 is 17.9.